The summed E-state index contributed by atoms with van der Waals surface area (Å²) in [6.07, 6.45) is 18.7. The van der Waals surface area contributed by atoms with Gasteiger partial charge in [0.05, 0.1) is 18.8 Å². The summed E-state index contributed by atoms with van der Waals surface area (Å²) in [5.74, 6) is -0.0833. The summed E-state index contributed by atoms with van der Waals surface area (Å²) in [6.45, 7) is 4.15. The molecule has 2 atom stereocenters. The van der Waals surface area contributed by atoms with E-state index in [0.717, 1.165) is 32.1 Å². The van der Waals surface area contributed by atoms with Crippen LogP contribution in [0.1, 0.15) is 104 Å². The molecule has 0 aromatic rings. The van der Waals surface area contributed by atoms with Gasteiger partial charge in [0.25, 0.3) is 0 Å². The third-order valence-electron chi connectivity index (χ3n) is 4.77. The first-order chi connectivity index (χ1) is 12.7. The van der Waals surface area contributed by atoms with Crippen LogP contribution in [0.15, 0.2) is 12.2 Å². The number of allylic oxidation sites excluding steroid dienone is 1. The lowest BCUT2D eigenvalue weighted by Gasteiger charge is -2.20. The van der Waals surface area contributed by atoms with Crippen LogP contribution in [0.3, 0.4) is 0 Å². The van der Waals surface area contributed by atoms with Crippen LogP contribution in [0.4, 0.5) is 0 Å². The van der Waals surface area contributed by atoms with Crippen molar-refractivity contribution in [3.63, 3.8) is 0 Å². The number of aliphatic hydroxyl groups is 2. The minimum atomic E-state index is -0.825. The molecule has 0 spiro atoms. The van der Waals surface area contributed by atoms with E-state index in [2.05, 4.69) is 19.2 Å². The molecule has 1 amide bonds. The Labute approximate surface area is 161 Å². The average molecular weight is 370 g/mol. The van der Waals surface area contributed by atoms with Crippen LogP contribution >= 0.6 is 0 Å². The predicted molar refractivity (Wildman–Crippen MR) is 110 cm³/mol. The Hall–Kier alpha value is -0.870. The highest BCUT2D eigenvalue weighted by Crippen LogP contribution is 2.09. The molecule has 4 heteroatoms. The first-order valence-electron chi connectivity index (χ1n) is 10.9. The molecule has 0 unspecified atom stereocenters. The van der Waals surface area contributed by atoms with Crippen molar-refractivity contribution in [2.75, 3.05) is 6.61 Å². The second-order valence-corrected chi connectivity index (χ2v) is 7.35. The molecular formula is C22H43NO3. The summed E-state index contributed by atoms with van der Waals surface area (Å²) < 4.78 is 0. The number of carbonyl (C=O) groups is 1. The molecule has 0 aromatic heterocycles. The fraction of sp³-hybridized carbons (Fsp3) is 0.864. The molecule has 3 N–H and O–H groups in total. The third-order valence-corrected chi connectivity index (χ3v) is 4.77. The standard InChI is InChI=1S/C22H43NO3/c1-3-5-7-9-10-11-12-14-15-17-21(25)20(19-24)23-22(26)18-16-13-8-6-4-2/h15,17,20-21,24-25H,3-14,16,18-19H2,1-2H3,(H,23,26)/b17-15+/t20-,21+/m0/s1. The predicted octanol–water partition coefficient (Wildman–Crippen LogP) is 4.88. The number of carbonyl (C=O) groups excluding carboxylic acids is 1. The topological polar surface area (TPSA) is 69.6 Å². The third kappa shape index (κ3) is 15.4. The molecule has 26 heavy (non-hydrogen) atoms. The first-order valence-corrected chi connectivity index (χ1v) is 10.9. The van der Waals surface area contributed by atoms with E-state index in [1.54, 1.807) is 6.08 Å². The SMILES string of the molecule is CCCCCCCCC/C=C/[C@@H](O)[C@H](CO)NC(=O)CCCCCCC. The number of unbranched alkanes of at least 4 members (excludes halogenated alkanes) is 11. The van der Waals surface area contributed by atoms with Crippen molar-refractivity contribution in [2.24, 2.45) is 0 Å². The lowest BCUT2D eigenvalue weighted by atomic mass is 10.1. The molecule has 0 rings (SSSR count). The number of hydrogen-bond acceptors (Lipinski definition) is 3. The van der Waals surface area contributed by atoms with Gasteiger partial charge in [-0.2, -0.15) is 0 Å². The van der Waals surface area contributed by atoms with Gasteiger partial charge in [0.2, 0.25) is 5.91 Å². The molecule has 0 heterocycles. The minimum Gasteiger partial charge on any atom is -0.394 e. The highest BCUT2D eigenvalue weighted by atomic mass is 16.3. The summed E-state index contributed by atoms with van der Waals surface area (Å²) in [4.78, 5) is 11.9. The van der Waals surface area contributed by atoms with Crippen molar-refractivity contribution in [1.29, 1.82) is 0 Å². The van der Waals surface area contributed by atoms with Crippen molar-refractivity contribution in [2.45, 2.75) is 116 Å². The number of aliphatic hydroxyl groups excluding tert-OH is 2. The molecule has 0 aliphatic rings. The van der Waals surface area contributed by atoms with Gasteiger partial charge < -0.3 is 15.5 Å². The Kier molecular flexibility index (Phi) is 18.3. The Morgan fingerprint density at radius 3 is 2.00 bits per heavy atom. The molecule has 0 fully saturated rings. The van der Waals surface area contributed by atoms with Crippen LogP contribution in [0.25, 0.3) is 0 Å². The minimum absolute atomic E-state index is 0.0833. The zero-order valence-electron chi connectivity index (χ0n) is 17.2. The number of nitrogens with one attached hydrogen (secondary N) is 1. The second-order valence-electron chi connectivity index (χ2n) is 7.35. The molecular weight excluding hydrogens is 326 g/mol. The van der Waals surface area contributed by atoms with E-state index in [1.165, 1.54) is 51.4 Å². The molecule has 0 radical (unpaired) electrons. The van der Waals surface area contributed by atoms with Gasteiger partial charge in [0.1, 0.15) is 0 Å². The van der Waals surface area contributed by atoms with Crippen LogP contribution < -0.4 is 5.32 Å². The Balaban J connectivity index is 3.83. The van der Waals surface area contributed by atoms with Crippen LogP contribution in [0, 0.1) is 0 Å². The molecule has 0 bridgehead atoms. The van der Waals surface area contributed by atoms with Gasteiger partial charge in [-0.15, -0.1) is 0 Å². The van der Waals surface area contributed by atoms with Gasteiger partial charge in [-0.05, 0) is 19.3 Å². The van der Waals surface area contributed by atoms with Crippen LogP contribution in [-0.2, 0) is 4.79 Å². The zero-order valence-corrected chi connectivity index (χ0v) is 17.2. The van der Waals surface area contributed by atoms with Crippen molar-refractivity contribution >= 4 is 5.91 Å². The Morgan fingerprint density at radius 1 is 0.885 bits per heavy atom. The van der Waals surface area contributed by atoms with Gasteiger partial charge in [-0.3, -0.25) is 4.79 Å². The fourth-order valence-corrected chi connectivity index (χ4v) is 3.00. The van der Waals surface area contributed by atoms with Crippen molar-refractivity contribution in [3.8, 4) is 0 Å². The number of hydrogen-bond donors (Lipinski definition) is 3. The van der Waals surface area contributed by atoms with E-state index in [1.807, 2.05) is 6.08 Å². The summed E-state index contributed by atoms with van der Waals surface area (Å²) in [5, 5.41) is 22.3. The van der Waals surface area contributed by atoms with E-state index in [9.17, 15) is 15.0 Å². The maximum absolute atomic E-state index is 11.9. The van der Waals surface area contributed by atoms with E-state index in [4.69, 9.17) is 0 Å². The normalized spacial score (nSPS) is 13.8. The van der Waals surface area contributed by atoms with Crippen LogP contribution in [0.2, 0.25) is 0 Å². The van der Waals surface area contributed by atoms with Gasteiger partial charge in [0.15, 0.2) is 0 Å². The number of rotatable bonds is 18. The molecule has 154 valence electrons. The van der Waals surface area contributed by atoms with Crippen molar-refractivity contribution < 1.29 is 15.0 Å². The summed E-state index contributed by atoms with van der Waals surface area (Å²) in [5.41, 5.74) is 0. The number of amides is 1. The molecule has 0 aliphatic heterocycles. The molecule has 0 saturated carbocycles. The van der Waals surface area contributed by atoms with Crippen LogP contribution in [0.5, 0.6) is 0 Å². The maximum atomic E-state index is 11.9. The van der Waals surface area contributed by atoms with Gasteiger partial charge in [0, 0.05) is 6.42 Å². The molecule has 0 aliphatic carbocycles. The first kappa shape index (κ1) is 25.1. The van der Waals surface area contributed by atoms with E-state index in [-0.39, 0.29) is 12.5 Å². The monoisotopic (exact) mass is 369 g/mol. The molecule has 0 aromatic carbocycles. The molecule has 0 saturated heterocycles. The average Bonchev–Trinajstić information content (AvgIpc) is 2.64. The highest BCUT2D eigenvalue weighted by molar-refractivity contribution is 5.76. The van der Waals surface area contributed by atoms with Crippen molar-refractivity contribution in [1.82, 2.24) is 5.32 Å². The lowest BCUT2D eigenvalue weighted by Crippen LogP contribution is -2.45. The fourth-order valence-electron chi connectivity index (χ4n) is 3.00. The highest BCUT2D eigenvalue weighted by Gasteiger charge is 2.17. The van der Waals surface area contributed by atoms with Crippen molar-refractivity contribution in [3.05, 3.63) is 12.2 Å². The quantitative estimate of drug-likeness (QED) is 0.238. The smallest absolute Gasteiger partial charge is 0.220 e. The summed E-state index contributed by atoms with van der Waals surface area (Å²) in [6, 6.07) is -0.608. The van der Waals surface area contributed by atoms with Crippen LogP contribution in [-0.4, -0.2) is 34.9 Å². The summed E-state index contributed by atoms with van der Waals surface area (Å²) >= 11 is 0. The zero-order chi connectivity index (χ0) is 19.5. The van der Waals surface area contributed by atoms with Gasteiger partial charge >= 0.3 is 0 Å². The Morgan fingerprint density at radius 2 is 1.42 bits per heavy atom. The van der Waals surface area contributed by atoms with Gasteiger partial charge in [-0.1, -0.05) is 90.2 Å². The second kappa shape index (κ2) is 18.9. The summed E-state index contributed by atoms with van der Waals surface area (Å²) in [7, 11) is 0. The molecule has 4 nitrogen and oxygen atoms in total. The Bertz CT molecular complexity index is 344. The van der Waals surface area contributed by atoms with Gasteiger partial charge in [-0.25, -0.2) is 0 Å². The maximum Gasteiger partial charge on any atom is 0.220 e. The lowest BCUT2D eigenvalue weighted by molar-refractivity contribution is -0.123. The largest absolute Gasteiger partial charge is 0.394 e. The van der Waals surface area contributed by atoms with E-state index >= 15 is 0 Å². The van der Waals surface area contributed by atoms with E-state index in [0.29, 0.717) is 6.42 Å². The van der Waals surface area contributed by atoms with E-state index < -0.39 is 12.1 Å².